The average Bonchev–Trinajstić information content (AvgIpc) is 3.70. The molecule has 3 heterocycles. The number of nitro benzene ring substituents is 1. The Labute approximate surface area is 425 Å². The minimum Gasteiger partial charge on any atom is -0.467 e. The number of benzene rings is 2. The van der Waals surface area contributed by atoms with Crippen molar-refractivity contribution in [1.82, 2.24) is 4.98 Å². The monoisotopic (exact) mass is 1040 g/mol. The van der Waals surface area contributed by atoms with E-state index in [9.17, 15) is 48.8 Å². The van der Waals surface area contributed by atoms with E-state index in [1.807, 2.05) is 45.0 Å². The van der Waals surface area contributed by atoms with Crippen LogP contribution in [0.3, 0.4) is 0 Å². The van der Waals surface area contributed by atoms with Gasteiger partial charge in [0.2, 0.25) is 12.4 Å². The first-order chi connectivity index (χ1) is 34.4. The van der Waals surface area contributed by atoms with Gasteiger partial charge in [0.1, 0.15) is 24.6 Å². The Morgan fingerprint density at radius 2 is 1.64 bits per heavy atom. The summed E-state index contributed by atoms with van der Waals surface area (Å²) in [6.45, 7) is 14.8. The van der Waals surface area contributed by atoms with Crippen molar-refractivity contribution in [3.63, 3.8) is 0 Å². The van der Waals surface area contributed by atoms with Crippen LogP contribution in [0.25, 0.3) is 10.2 Å². The summed E-state index contributed by atoms with van der Waals surface area (Å²) >= 11 is 1.52. The molecule has 0 bridgehead atoms. The number of aryl methyl sites for hydroxylation is 1. The second kappa shape index (κ2) is 25.2. The molecular weight excluding hydrogens is 977 g/mol. The zero-order chi connectivity index (χ0) is 53.9. The van der Waals surface area contributed by atoms with Crippen molar-refractivity contribution in [2.45, 2.75) is 150 Å². The van der Waals surface area contributed by atoms with Crippen LogP contribution < -0.4 is 4.74 Å². The van der Waals surface area contributed by atoms with Crippen LogP contribution in [0.5, 0.6) is 5.75 Å². The normalized spacial score (nSPS) is 26.7. The van der Waals surface area contributed by atoms with E-state index in [2.05, 4.69) is 11.6 Å². The standard InChI is InChI=1S/C51H62N2O19S/c1-11-13-34-42(58)27(3)15-12-14-26(2)16-19-37(33-18-21-39-35(23-33)52-28(4)73-39)69-41(57)24-40(51(8,9)47(34)59)71-50(61)65-25-32-17-20-38(36(22-32)53(62)63)70-49-46(68-31(7)56)44(67-30(6)55)43(66-29(5)54)45(72-49)48(60)64-10/h11,16-18,20-23,27,34,37,40,42-46,49,58H,1,12-15,19,24-25H2,2-10H3/b26-16-/t27-,34+,37-,40-,42-,43-,44-,45-,46+,49+/m0/s1. The highest BCUT2D eigenvalue weighted by molar-refractivity contribution is 7.18. The van der Waals surface area contributed by atoms with Crippen molar-refractivity contribution in [2.75, 3.05) is 7.11 Å². The van der Waals surface area contributed by atoms with Gasteiger partial charge in [-0.2, -0.15) is 0 Å². The van der Waals surface area contributed by atoms with Crippen molar-refractivity contribution in [3.8, 4) is 5.75 Å². The van der Waals surface area contributed by atoms with Crippen molar-refractivity contribution in [3.05, 3.63) is 87.0 Å². The number of hydrogen-bond acceptors (Lipinski definition) is 21. The summed E-state index contributed by atoms with van der Waals surface area (Å²) in [6, 6.07) is 8.92. The number of Topliss-reactive ketones (excluding diaryl/α,β-unsaturated/α-hetero) is 1. The summed E-state index contributed by atoms with van der Waals surface area (Å²) in [5.74, 6) is -7.17. The number of ketones is 1. The molecule has 5 rings (SSSR count). The molecule has 0 amide bonds. The number of aliphatic hydroxyl groups is 1. The third-order valence-electron chi connectivity index (χ3n) is 12.5. The first-order valence-corrected chi connectivity index (χ1v) is 24.3. The molecule has 3 aromatic rings. The van der Waals surface area contributed by atoms with E-state index in [-0.39, 0.29) is 17.9 Å². The number of nitrogens with zero attached hydrogens (tertiary/aromatic N) is 2. The summed E-state index contributed by atoms with van der Waals surface area (Å²) in [6.07, 6.45) is -8.54. The molecule has 1 fully saturated rings. The van der Waals surface area contributed by atoms with Gasteiger partial charge in [0.25, 0.3) is 0 Å². The number of methoxy groups -OCH3 is 1. The Balaban J connectivity index is 1.43. The molecule has 21 nitrogen and oxygen atoms in total. The second-order valence-electron chi connectivity index (χ2n) is 18.5. The number of hydrogen-bond donors (Lipinski definition) is 1. The van der Waals surface area contributed by atoms with Gasteiger partial charge >= 0.3 is 41.7 Å². The summed E-state index contributed by atoms with van der Waals surface area (Å²) in [5.41, 5.74) is 0.0646. The molecule has 396 valence electrons. The smallest absolute Gasteiger partial charge is 0.467 e. The minimum atomic E-state index is -1.93. The number of carbonyl (C=O) groups is 7. The van der Waals surface area contributed by atoms with Crippen LogP contribution in [0.2, 0.25) is 0 Å². The SMILES string of the molecule is C=CC[C@H]1C(=O)C(C)(C)[C@@H](OC(=O)OCc2ccc(O[C@@H]3O[C@H](C(=O)OC)[C@@H](OC(C)=O)[C@H](OC(C)=O)[C@H]3OC(C)=O)c([N+](=O)[O-])c2)CC(=O)O[C@H](c2ccc3sc(C)nc3c2)C/C=C(/C)CCC[C@H](C)[C@@H]1O. The third-order valence-corrected chi connectivity index (χ3v) is 13.5. The Morgan fingerprint density at radius 1 is 0.973 bits per heavy atom. The lowest BCUT2D eigenvalue weighted by Crippen LogP contribution is -2.64. The molecule has 2 aromatic carbocycles. The lowest BCUT2D eigenvalue weighted by atomic mass is 9.71. The number of ether oxygens (including phenoxy) is 9. The van der Waals surface area contributed by atoms with Gasteiger partial charge in [-0.1, -0.05) is 36.8 Å². The molecule has 2 aliphatic heterocycles. The van der Waals surface area contributed by atoms with E-state index in [1.54, 1.807) is 0 Å². The number of thiazole rings is 1. The lowest BCUT2D eigenvalue weighted by Gasteiger charge is -2.42. The molecule has 1 saturated heterocycles. The van der Waals surface area contributed by atoms with Crippen molar-refractivity contribution < 1.29 is 86.2 Å². The maximum Gasteiger partial charge on any atom is 0.508 e. The predicted molar refractivity (Wildman–Crippen MR) is 258 cm³/mol. The average molecular weight is 1040 g/mol. The lowest BCUT2D eigenvalue weighted by molar-refractivity contribution is -0.387. The van der Waals surface area contributed by atoms with Crippen molar-refractivity contribution in [2.24, 2.45) is 17.3 Å². The van der Waals surface area contributed by atoms with Crippen LogP contribution >= 0.6 is 11.3 Å². The molecule has 1 N–H and O–H groups in total. The van der Waals surface area contributed by atoms with E-state index < -0.39 is 132 Å². The number of cyclic esters (lactones) is 1. The van der Waals surface area contributed by atoms with Gasteiger partial charge in [0.05, 0.1) is 45.2 Å². The largest absolute Gasteiger partial charge is 0.508 e. The number of nitro groups is 1. The fraction of sp³-hybridized carbons (Fsp3) is 0.529. The number of fused-ring (bicyclic) bond motifs is 1. The van der Waals surface area contributed by atoms with Gasteiger partial charge in [-0.15, -0.1) is 17.9 Å². The fourth-order valence-corrected chi connectivity index (χ4v) is 9.51. The molecule has 22 heteroatoms. The molecule has 0 spiro atoms. The van der Waals surface area contributed by atoms with Crippen LogP contribution in [-0.4, -0.2) is 107 Å². The quantitative estimate of drug-likeness (QED) is 0.0567. The second-order valence-corrected chi connectivity index (χ2v) is 19.7. The third kappa shape index (κ3) is 14.9. The van der Waals surface area contributed by atoms with Gasteiger partial charge in [0.15, 0.2) is 24.1 Å². The van der Waals surface area contributed by atoms with Crippen molar-refractivity contribution >= 4 is 69.0 Å². The predicted octanol–water partition coefficient (Wildman–Crippen LogP) is 7.59. The first-order valence-electron chi connectivity index (χ1n) is 23.5. The van der Waals surface area contributed by atoms with Gasteiger partial charge in [-0.05, 0) is 88.6 Å². The highest BCUT2D eigenvalue weighted by atomic mass is 32.1. The number of rotatable bonds is 13. The fourth-order valence-electron chi connectivity index (χ4n) is 8.70. The number of aliphatic hydroxyl groups excluding tert-OH is 1. The Kier molecular flexibility index (Phi) is 19.8. The maximum atomic E-state index is 14.6. The van der Waals surface area contributed by atoms with Gasteiger partial charge in [-0.3, -0.25) is 34.1 Å². The molecule has 0 saturated carbocycles. The van der Waals surface area contributed by atoms with E-state index in [1.165, 1.54) is 37.3 Å². The molecular formula is C51H62N2O19S. The van der Waals surface area contributed by atoms with Crippen molar-refractivity contribution in [1.29, 1.82) is 0 Å². The van der Waals surface area contributed by atoms with E-state index in [0.717, 1.165) is 60.8 Å². The van der Waals surface area contributed by atoms with E-state index in [4.69, 9.17) is 42.6 Å². The number of carbonyl (C=O) groups excluding carboxylic acids is 7. The number of allylic oxidation sites excluding steroid dienone is 2. The van der Waals surface area contributed by atoms with Crippen LogP contribution in [0.4, 0.5) is 10.5 Å². The highest BCUT2D eigenvalue weighted by Gasteiger charge is 2.56. The van der Waals surface area contributed by atoms with E-state index >= 15 is 0 Å². The Hall–Kier alpha value is -6.78. The molecule has 1 aromatic heterocycles. The molecule has 10 atom stereocenters. The van der Waals surface area contributed by atoms with Gasteiger partial charge in [-0.25, -0.2) is 14.6 Å². The maximum absolute atomic E-state index is 14.6. The van der Waals surface area contributed by atoms with Crippen LogP contribution in [0, 0.1) is 34.3 Å². The molecule has 0 aliphatic carbocycles. The number of aromatic nitrogens is 1. The summed E-state index contributed by atoms with van der Waals surface area (Å²) < 4.78 is 50.6. The Bertz CT molecular complexity index is 2590. The zero-order valence-electron chi connectivity index (χ0n) is 42.1. The molecule has 2 aliphatic rings. The highest BCUT2D eigenvalue weighted by Crippen LogP contribution is 2.39. The summed E-state index contributed by atoms with van der Waals surface area (Å²) in [5, 5.41) is 25.0. The van der Waals surface area contributed by atoms with Gasteiger partial charge < -0.3 is 47.7 Å². The Morgan fingerprint density at radius 3 is 2.29 bits per heavy atom. The first kappa shape index (κ1) is 57.1. The topological polar surface area (TPSA) is 279 Å². The van der Waals surface area contributed by atoms with Crippen LogP contribution in [0.15, 0.2) is 60.7 Å². The minimum absolute atomic E-state index is 0.00612. The molecule has 0 radical (unpaired) electrons. The molecule has 0 unspecified atom stereocenters. The molecule has 73 heavy (non-hydrogen) atoms. The summed E-state index contributed by atoms with van der Waals surface area (Å²) in [4.78, 5) is 108. The van der Waals surface area contributed by atoms with Crippen LogP contribution in [-0.2, 0) is 73.3 Å². The number of esters is 5. The zero-order valence-corrected chi connectivity index (χ0v) is 43.0. The summed E-state index contributed by atoms with van der Waals surface area (Å²) in [7, 11) is 0.985. The van der Waals surface area contributed by atoms with Gasteiger partial charge in [0, 0.05) is 39.2 Å². The van der Waals surface area contributed by atoms with E-state index in [0.29, 0.717) is 31.2 Å². The van der Waals surface area contributed by atoms with Crippen LogP contribution in [0.1, 0.15) is 109 Å².